The third-order valence-corrected chi connectivity index (χ3v) is 2.79. The van der Waals surface area contributed by atoms with Gasteiger partial charge in [0, 0.05) is 28.8 Å². The van der Waals surface area contributed by atoms with Crippen molar-refractivity contribution in [3.8, 4) is 0 Å². The maximum atomic E-state index is 10.5. The molecule has 0 aliphatic rings. The first-order valence-corrected chi connectivity index (χ1v) is 5.25. The maximum Gasteiger partial charge on any atom is 0.329 e. The smallest absolute Gasteiger partial charge is 0.329 e. The van der Waals surface area contributed by atoms with Gasteiger partial charge < -0.3 is 10.6 Å². The Kier molecular flexibility index (Phi) is 6.02. The van der Waals surface area contributed by atoms with E-state index in [0.29, 0.717) is 5.56 Å². The Balaban J connectivity index is 0.00000225. The van der Waals surface area contributed by atoms with Crippen LogP contribution < -0.4 is 11.2 Å². The Bertz CT molecular complexity index is 379. The number of hydrogen-bond donors (Lipinski definition) is 3. The van der Waals surface area contributed by atoms with Crippen molar-refractivity contribution >= 4 is 35.5 Å². The van der Waals surface area contributed by atoms with E-state index in [2.05, 4.69) is 10.3 Å². The van der Waals surface area contributed by atoms with Crippen molar-refractivity contribution in [2.24, 2.45) is 5.73 Å². The first-order valence-electron chi connectivity index (χ1n) is 4.37. The van der Waals surface area contributed by atoms with E-state index < -0.39 is 5.97 Å². The number of carbonyl (C=O) groups is 1. The average molecular weight is 264 g/mol. The lowest BCUT2D eigenvalue weighted by atomic mass is 10.2. The van der Waals surface area contributed by atoms with Gasteiger partial charge in [0.2, 0.25) is 0 Å². The summed E-state index contributed by atoms with van der Waals surface area (Å²) in [6.45, 7) is 3.14. The van der Waals surface area contributed by atoms with Gasteiger partial charge in [-0.2, -0.15) is 0 Å². The summed E-state index contributed by atoms with van der Waals surface area (Å²) in [5.41, 5.74) is 8.59. The summed E-state index contributed by atoms with van der Waals surface area (Å²) in [5, 5.41) is 9.34. The van der Waals surface area contributed by atoms with Gasteiger partial charge in [-0.1, -0.05) is 0 Å². The van der Waals surface area contributed by atoms with Crippen LogP contribution >= 0.6 is 23.7 Å². The van der Waals surface area contributed by atoms with Crippen molar-refractivity contribution in [1.82, 2.24) is 5.48 Å². The third kappa shape index (κ3) is 4.18. The second-order valence-electron chi connectivity index (χ2n) is 3.10. The van der Waals surface area contributed by atoms with E-state index in [-0.39, 0.29) is 24.3 Å². The van der Waals surface area contributed by atoms with Gasteiger partial charge in [0.15, 0.2) is 5.84 Å². The van der Waals surface area contributed by atoms with Crippen LogP contribution in [0, 0.1) is 5.41 Å². The fourth-order valence-corrected chi connectivity index (χ4v) is 1.76. The van der Waals surface area contributed by atoms with E-state index in [9.17, 15) is 4.79 Å². The Morgan fingerprint density at radius 1 is 1.69 bits per heavy atom. The molecule has 0 bridgehead atoms. The molecule has 0 saturated carbocycles. The average Bonchev–Trinajstić information content (AvgIpc) is 2.62. The number of rotatable bonds is 2. The molecule has 0 amide bonds. The highest BCUT2D eigenvalue weighted by Crippen LogP contribution is 2.19. The van der Waals surface area contributed by atoms with Crippen LogP contribution in [0.25, 0.3) is 0 Å². The maximum absolute atomic E-state index is 10.5. The number of carbonyl (C=O) groups excluding carboxylic acids is 1. The second-order valence-corrected chi connectivity index (χ2v) is 4.04. The third-order valence-electron chi connectivity index (χ3n) is 1.65. The second kappa shape index (κ2) is 6.47. The zero-order valence-electron chi connectivity index (χ0n) is 8.94. The molecule has 0 radical (unpaired) electrons. The van der Waals surface area contributed by atoms with E-state index in [1.807, 2.05) is 6.92 Å². The molecular formula is C9H14ClN3O2S. The van der Waals surface area contributed by atoms with E-state index in [1.165, 1.54) is 18.3 Å². The Hall–Kier alpha value is -1.11. The van der Waals surface area contributed by atoms with Gasteiger partial charge in [-0.15, -0.1) is 23.7 Å². The molecule has 4 N–H and O–H groups in total. The Morgan fingerprint density at radius 2 is 2.31 bits per heavy atom. The molecule has 1 aromatic rings. The minimum atomic E-state index is -0.484. The molecule has 0 spiro atoms. The first kappa shape index (κ1) is 14.9. The fraction of sp³-hybridized carbons (Fsp3) is 0.333. The molecule has 0 fully saturated rings. The molecule has 0 aliphatic carbocycles. The molecule has 1 heterocycles. The molecule has 7 heteroatoms. The number of nitrogens with one attached hydrogen (secondary N) is 2. The summed E-state index contributed by atoms with van der Waals surface area (Å²) in [6.07, 6.45) is 0. The van der Waals surface area contributed by atoms with Crippen LogP contribution in [0.4, 0.5) is 0 Å². The number of hydroxylamine groups is 1. The van der Waals surface area contributed by atoms with Crippen LogP contribution in [0.2, 0.25) is 0 Å². The van der Waals surface area contributed by atoms with Crippen molar-refractivity contribution in [2.75, 3.05) is 0 Å². The van der Waals surface area contributed by atoms with Crippen molar-refractivity contribution in [3.63, 3.8) is 0 Å². The van der Waals surface area contributed by atoms with Gasteiger partial charge in [-0.3, -0.25) is 10.2 Å². The normalized spacial score (nSPS) is 11.2. The standard InChI is InChI=1S/C9H13N3O2S.ClH/c1-5(10)8-3-7(4-15-8)9(11)12-14-6(2)13;/h3-5H,10H2,1-2H3,(H2,11,12);1H. The predicted octanol–water partition coefficient (Wildman–Crippen LogP) is 1.58. The van der Waals surface area contributed by atoms with Crippen LogP contribution in [-0.2, 0) is 9.63 Å². The van der Waals surface area contributed by atoms with Crippen LogP contribution in [0.1, 0.15) is 30.3 Å². The van der Waals surface area contributed by atoms with Gasteiger partial charge in [-0.25, -0.2) is 5.48 Å². The van der Waals surface area contributed by atoms with E-state index in [1.54, 1.807) is 11.4 Å². The van der Waals surface area contributed by atoms with Crippen molar-refractivity contribution in [3.05, 3.63) is 21.9 Å². The van der Waals surface area contributed by atoms with Gasteiger partial charge in [0.05, 0.1) is 0 Å². The number of thiophene rings is 1. The van der Waals surface area contributed by atoms with Gasteiger partial charge in [0.1, 0.15) is 0 Å². The lowest BCUT2D eigenvalue weighted by molar-refractivity contribution is -0.145. The molecule has 16 heavy (non-hydrogen) atoms. The first-order chi connectivity index (χ1) is 7.00. The fourth-order valence-electron chi connectivity index (χ4n) is 0.905. The van der Waals surface area contributed by atoms with Crippen LogP contribution in [0.5, 0.6) is 0 Å². The molecule has 0 aromatic carbocycles. The number of nitrogens with two attached hydrogens (primary N) is 1. The van der Waals surface area contributed by atoms with Crippen molar-refractivity contribution in [2.45, 2.75) is 19.9 Å². The van der Waals surface area contributed by atoms with Crippen molar-refractivity contribution < 1.29 is 9.63 Å². The van der Waals surface area contributed by atoms with Gasteiger partial charge in [-0.05, 0) is 13.0 Å². The molecular weight excluding hydrogens is 250 g/mol. The van der Waals surface area contributed by atoms with Crippen LogP contribution in [0.3, 0.4) is 0 Å². The van der Waals surface area contributed by atoms with E-state index in [0.717, 1.165) is 4.88 Å². The Morgan fingerprint density at radius 3 is 2.75 bits per heavy atom. The summed E-state index contributed by atoms with van der Waals surface area (Å²) in [5.74, 6) is -0.434. The lowest BCUT2D eigenvalue weighted by Crippen LogP contribution is -2.25. The summed E-state index contributed by atoms with van der Waals surface area (Å²) in [6, 6.07) is 1.75. The molecule has 1 atom stereocenters. The van der Waals surface area contributed by atoms with Gasteiger partial charge in [0.25, 0.3) is 0 Å². The van der Waals surface area contributed by atoms with Crippen molar-refractivity contribution in [1.29, 1.82) is 5.41 Å². The lowest BCUT2D eigenvalue weighted by Gasteiger charge is -2.04. The largest absolute Gasteiger partial charge is 0.342 e. The van der Waals surface area contributed by atoms with Gasteiger partial charge >= 0.3 is 5.97 Å². The predicted molar refractivity (Wildman–Crippen MR) is 65.9 cm³/mol. The zero-order chi connectivity index (χ0) is 11.4. The molecule has 5 nitrogen and oxygen atoms in total. The molecule has 0 aliphatic heterocycles. The molecule has 0 saturated heterocycles. The van der Waals surface area contributed by atoms with Crippen LogP contribution in [-0.4, -0.2) is 11.8 Å². The Labute approximate surface area is 104 Å². The molecule has 90 valence electrons. The van der Waals surface area contributed by atoms with Crippen LogP contribution in [0.15, 0.2) is 11.4 Å². The minimum absolute atomic E-state index is 0. The highest BCUT2D eigenvalue weighted by molar-refractivity contribution is 7.10. The summed E-state index contributed by atoms with van der Waals surface area (Å²) >= 11 is 1.47. The highest BCUT2D eigenvalue weighted by Gasteiger charge is 2.08. The quantitative estimate of drug-likeness (QED) is 0.429. The van der Waals surface area contributed by atoms with E-state index in [4.69, 9.17) is 11.1 Å². The zero-order valence-corrected chi connectivity index (χ0v) is 10.6. The minimum Gasteiger partial charge on any atom is -0.342 e. The summed E-state index contributed by atoms with van der Waals surface area (Å²) in [4.78, 5) is 16.0. The molecule has 1 aromatic heterocycles. The monoisotopic (exact) mass is 263 g/mol. The van der Waals surface area contributed by atoms with E-state index >= 15 is 0 Å². The SMILES string of the molecule is CC(=O)ONC(=N)c1csc(C(C)N)c1.Cl. The number of amidine groups is 1. The number of halogens is 1. The highest BCUT2D eigenvalue weighted by atomic mass is 35.5. The number of hydrogen-bond acceptors (Lipinski definition) is 5. The molecule has 1 rings (SSSR count). The summed E-state index contributed by atoms with van der Waals surface area (Å²) in [7, 11) is 0. The molecule has 1 unspecified atom stereocenters. The summed E-state index contributed by atoms with van der Waals surface area (Å²) < 4.78 is 0. The topological polar surface area (TPSA) is 88.2 Å².